The van der Waals surface area contributed by atoms with Crippen LogP contribution in [0.4, 0.5) is 5.69 Å². The molecular formula is C22H23Cl2N3O3. The summed E-state index contributed by atoms with van der Waals surface area (Å²) in [5, 5.41) is 3.27. The van der Waals surface area contributed by atoms with Gasteiger partial charge in [0.05, 0.1) is 28.2 Å². The molecule has 0 saturated carbocycles. The van der Waals surface area contributed by atoms with Gasteiger partial charge in [0.1, 0.15) is 0 Å². The van der Waals surface area contributed by atoms with E-state index in [1.54, 1.807) is 30.1 Å². The van der Waals surface area contributed by atoms with Crippen LogP contribution in [0.1, 0.15) is 17.5 Å². The van der Waals surface area contributed by atoms with Gasteiger partial charge in [-0.2, -0.15) is 0 Å². The number of hydrogen-bond acceptors (Lipinski definition) is 3. The number of nitrogens with one attached hydrogen (secondary N) is 1. The smallest absolute Gasteiger partial charge is 0.244 e. The Morgan fingerprint density at radius 3 is 2.40 bits per heavy atom. The minimum Gasteiger partial charge on any atom is -0.338 e. The first-order valence-electron chi connectivity index (χ1n) is 9.56. The van der Waals surface area contributed by atoms with E-state index in [0.29, 0.717) is 28.8 Å². The van der Waals surface area contributed by atoms with Crippen LogP contribution in [0.5, 0.6) is 0 Å². The third-order valence-electron chi connectivity index (χ3n) is 5.04. The van der Waals surface area contributed by atoms with Crippen LogP contribution in [-0.4, -0.2) is 47.7 Å². The standard InChI is InChI=1S/C22H23Cl2N3O3/c1-14-6-8-15(9-7-14)11-27-12-16(10-20(27)29)22(30)26(2)13-19(28)25-21-17(23)4-3-5-18(21)24/h3-9,16H,10-13H2,1-2H3,(H,25,28)/t16-/m1/s1. The summed E-state index contributed by atoms with van der Waals surface area (Å²) in [5.74, 6) is -1.18. The van der Waals surface area contributed by atoms with Crippen LogP contribution in [0.15, 0.2) is 42.5 Å². The highest BCUT2D eigenvalue weighted by molar-refractivity contribution is 6.39. The van der Waals surface area contributed by atoms with E-state index in [0.717, 1.165) is 11.1 Å². The Balaban J connectivity index is 1.56. The van der Waals surface area contributed by atoms with Crippen LogP contribution in [0.3, 0.4) is 0 Å². The second-order valence-electron chi connectivity index (χ2n) is 7.50. The highest BCUT2D eigenvalue weighted by atomic mass is 35.5. The number of anilines is 1. The van der Waals surface area contributed by atoms with Crippen LogP contribution < -0.4 is 5.32 Å². The average Bonchev–Trinajstić information content (AvgIpc) is 3.06. The van der Waals surface area contributed by atoms with Crippen LogP contribution >= 0.6 is 23.2 Å². The Bertz CT molecular complexity index is 942. The summed E-state index contributed by atoms with van der Waals surface area (Å²) in [6.07, 6.45) is 0.146. The Hall–Kier alpha value is -2.57. The average molecular weight is 448 g/mol. The van der Waals surface area contributed by atoms with Gasteiger partial charge in [-0.25, -0.2) is 0 Å². The Morgan fingerprint density at radius 1 is 1.13 bits per heavy atom. The van der Waals surface area contributed by atoms with E-state index in [9.17, 15) is 14.4 Å². The lowest BCUT2D eigenvalue weighted by atomic mass is 10.1. The van der Waals surface area contributed by atoms with E-state index < -0.39 is 11.8 Å². The van der Waals surface area contributed by atoms with Crippen molar-refractivity contribution in [3.63, 3.8) is 0 Å². The molecule has 3 amide bonds. The van der Waals surface area contributed by atoms with Crippen molar-refractivity contribution in [3.8, 4) is 0 Å². The second-order valence-corrected chi connectivity index (χ2v) is 8.31. The maximum absolute atomic E-state index is 12.8. The largest absolute Gasteiger partial charge is 0.338 e. The summed E-state index contributed by atoms with van der Waals surface area (Å²) in [4.78, 5) is 40.5. The third-order valence-corrected chi connectivity index (χ3v) is 5.67. The van der Waals surface area contributed by atoms with Gasteiger partial charge in [-0.1, -0.05) is 59.1 Å². The summed E-state index contributed by atoms with van der Waals surface area (Å²) in [6.45, 7) is 2.65. The summed E-state index contributed by atoms with van der Waals surface area (Å²) >= 11 is 12.1. The van der Waals surface area contributed by atoms with Crippen molar-refractivity contribution in [2.45, 2.75) is 19.9 Å². The lowest BCUT2D eigenvalue weighted by Crippen LogP contribution is -2.39. The molecule has 158 valence electrons. The molecule has 6 nitrogen and oxygen atoms in total. The predicted octanol–water partition coefficient (Wildman–Crippen LogP) is 3.75. The Labute approximate surface area is 185 Å². The first kappa shape index (κ1) is 22.1. The molecule has 0 bridgehead atoms. The van der Waals surface area contributed by atoms with Crippen molar-refractivity contribution in [2.75, 3.05) is 25.5 Å². The van der Waals surface area contributed by atoms with E-state index in [1.165, 1.54) is 4.90 Å². The number of para-hydroxylation sites is 1. The number of likely N-dealkylation sites (N-methyl/N-ethyl adjacent to an activating group) is 1. The second kappa shape index (κ2) is 9.49. The number of carbonyl (C=O) groups excluding carboxylic acids is 3. The molecule has 30 heavy (non-hydrogen) atoms. The SMILES string of the molecule is Cc1ccc(CN2C[C@H](C(=O)N(C)CC(=O)Nc3c(Cl)cccc3Cl)CC2=O)cc1. The molecule has 0 unspecified atom stereocenters. The van der Waals surface area contributed by atoms with Gasteiger partial charge in [0.25, 0.3) is 0 Å². The number of nitrogens with zero attached hydrogens (tertiary/aromatic N) is 2. The van der Waals surface area contributed by atoms with Crippen molar-refractivity contribution in [3.05, 3.63) is 63.6 Å². The summed E-state index contributed by atoms with van der Waals surface area (Å²) in [5.41, 5.74) is 2.48. The minimum absolute atomic E-state index is 0.0605. The zero-order valence-corrected chi connectivity index (χ0v) is 18.3. The zero-order chi connectivity index (χ0) is 21.8. The quantitative estimate of drug-likeness (QED) is 0.732. The number of hydrogen-bond donors (Lipinski definition) is 1. The maximum atomic E-state index is 12.8. The molecule has 1 fully saturated rings. The number of carbonyl (C=O) groups is 3. The molecule has 1 aliphatic rings. The normalized spacial score (nSPS) is 15.9. The molecule has 1 aliphatic heterocycles. The van der Waals surface area contributed by atoms with Gasteiger partial charge < -0.3 is 15.1 Å². The van der Waals surface area contributed by atoms with Gasteiger partial charge in [0.2, 0.25) is 17.7 Å². The number of rotatable bonds is 6. The van der Waals surface area contributed by atoms with Gasteiger partial charge in [-0.3, -0.25) is 14.4 Å². The number of likely N-dealkylation sites (tertiary alicyclic amines) is 1. The molecule has 1 heterocycles. The van der Waals surface area contributed by atoms with Gasteiger partial charge in [0.15, 0.2) is 0 Å². The van der Waals surface area contributed by atoms with Gasteiger partial charge >= 0.3 is 0 Å². The molecule has 3 rings (SSSR count). The molecule has 1 N–H and O–H groups in total. The summed E-state index contributed by atoms with van der Waals surface area (Å²) in [6, 6.07) is 12.9. The highest BCUT2D eigenvalue weighted by Crippen LogP contribution is 2.29. The predicted molar refractivity (Wildman–Crippen MR) is 117 cm³/mol. The molecule has 2 aromatic rings. The van der Waals surface area contributed by atoms with Crippen LogP contribution in [0.25, 0.3) is 0 Å². The van der Waals surface area contributed by atoms with Gasteiger partial charge in [-0.05, 0) is 24.6 Å². The van der Waals surface area contributed by atoms with E-state index in [-0.39, 0.29) is 24.8 Å². The first-order chi connectivity index (χ1) is 14.2. The van der Waals surface area contributed by atoms with Crippen molar-refractivity contribution in [1.82, 2.24) is 9.80 Å². The molecule has 8 heteroatoms. The molecule has 1 atom stereocenters. The van der Waals surface area contributed by atoms with Crippen molar-refractivity contribution >= 4 is 46.6 Å². The molecule has 0 aliphatic carbocycles. The Morgan fingerprint density at radius 2 is 1.77 bits per heavy atom. The van der Waals surface area contributed by atoms with Crippen molar-refractivity contribution < 1.29 is 14.4 Å². The van der Waals surface area contributed by atoms with Crippen molar-refractivity contribution in [1.29, 1.82) is 0 Å². The van der Waals surface area contributed by atoms with Crippen LogP contribution in [0, 0.1) is 12.8 Å². The fourth-order valence-electron chi connectivity index (χ4n) is 3.41. The number of benzene rings is 2. The number of aryl methyl sites for hydroxylation is 1. The fraction of sp³-hybridized carbons (Fsp3) is 0.318. The van der Waals surface area contributed by atoms with Crippen molar-refractivity contribution in [2.24, 2.45) is 5.92 Å². The van der Waals surface area contributed by atoms with E-state index >= 15 is 0 Å². The topological polar surface area (TPSA) is 69.7 Å². The van der Waals surface area contributed by atoms with Gasteiger partial charge in [0, 0.05) is 26.6 Å². The molecule has 0 aromatic heterocycles. The minimum atomic E-state index is -0.468. The van der Waals surface area contributed by atoms with E-state index in [2.05, 4.69) is 5.32 Å². The zero-order valence-electron chi connectivity index (χ0n) is 16.8. The molecule has 1 saturated heterocycles. The molecule has 0 radical (unpaired) electrons. The number of halogens is 2. The summed E-state index contributed by atoms with van der Waals surface area (Å²) in [7, 11) is 1.54. The van der Waals surface area contributed by atoms with Crippen LogP contribution in [-0.2, 0) is 20.9 Å². The lowest BCUT2D eigenvalue weighted by Gasteiger charge is -2.21. The highest BCUT2D eigenvalue weighted by Gasteiger charge is 2.36. The monoisotopic (exact) mass is 447 g/mol. The third kappa shape index (κ3) is 5.32. The van der Waals surface area contributed by atoms with E-state index in [1.807, 2.05) is 31.2 Å². The number of amides is 3. The fourth-order valence-corrected chi connectivity index (χ4v) is 3.90. The molecular weight excluding hydrogens is 425 g/mol. The van der Waals surface area contributed by atoms with Crippen LogP contribution in [0.2, 0.25) is 10.0 Å². The van der Waals surface area contributed by atoms with E-state index in [4.69, 9.17) is 23.2 Å². The first-order valence-corrected chi connectivity index (χ1v) is 10.3. The Kier molecular flexibility index (Phi) is 7.00. The maximum Gasteiger partial charge on any atom is 0.244 e. The lowest BCUT2D eigenvalue weighted by molar-refractivity contribution is -0.137. The van der Waals surface area contributed by atoms with Gasteiger partial charge in [-0.15, -0.1) is 0 Å². The summed E-state index contributed by atoms with van der Waals surface area (Å²) < 4.78 is 0. The molecule has 0 spiro atoms. The molecule has 2 aromatic carbocycles.